The van der Waals surface area contributed by atoms with E-state index in [0.29, 0.717) is 18.8 Å². The minimum Gasteiger partial charge on any atom is -0.468 e. The molecule has 40 heavy (non-hydrogen) atoms. The lowest BCUT2D eigenvalue weighted by Crippen LogP contribution is -2.67. The zero-order valence-electron chi connectivity index (χ0n) is 23.4. The third-order valence-corrected chi connectivity index (χ3v) is 6.81. The van der Waals surface area contributed by atoms with Gasteiger partial charge in [0.25, 0.3) is 0 Å². The van der Waals surface area contributed by atoms with Crippen molar-refractivity contribution in [1.29, 1.82) is 0 Å². The van der Waals surface area contributed by atoms with Crippen LogP contribution in [0.4, 0.5) is 14.5 Å². The molecule has 1 aromatic carbocycles. The van der Waals surface area contributed by atoms with E-state index in [1.54, 1.807) is 17.9 Å². The number of likely N-dealkylation sites (tertiary alicyclic amines) is 1. The third-order valence-electron chi connectivity index (χ3n) is 6.81. The maximum atomic E-state index is 13.9. The second kappa shape index (κ2) is 13.6. The van der Waals surface area contributed by atoms with Gasteiger partial charge in [-0.05, 0) is 36.1 Å². The first-order valence-electron chi connectivity index (χ1n) is 12.9. The molecule has 2 heterocycles. The van der Waals surface area contributed by atoms with Crippen LogP contribution in [0.25, 0.3) is 0 Å². The number of halogens is 2. The number of hydrogen-bond donors (Lipinski definition) is 1. The van der Waals surface area contributed by atoms with Gasteiger partial charge in [0.05, 0.1) is 26.8 Å². The molecule has 1 aliphatic heterocycles. The van der Waals surface area contributed by atoms with Gasteiger partial charge in [-0.15, -0.1) is 0 Å². The summed E-state index contributed by atoms with van der Waals surface area (Å²) in [5.74, 6) is -1.54. The molecule has 10 nitrogen and oxygen atoms in total. The van der Waals surface area contributed by atoms with Crippen LogP contribution in [0.3, 0.4) is 0 Å². The van der Waals surface area contributed by atoms with Gasteiger partial charge in [-0.3, -0.25) is 19.3 Å². The molecule has 1 aliphatic rings. The number of rotatable bonds is 13. The first kappa shape index (κ1) is 30.9. The van der Waals surface area contributed by atoms with E-state index < -0.39 is 23.9 Å². The summed E-state index contributed by atoms with van der Waals surface area (Å²) in [5.41, 5.74) is 0.977. The maximum Gasteiger partial charge on any atom is 0.388 e. The van der Waals surface area contributed by atoms with Gasteiger partial charge in [-0.1, -0.05) is 38.1 Å². The summed E-state index contributed by atoms with van der Waals surface area (Å²) in [6.45, 7) is 3.11. The number of ether oxygens (including phenoxy) is 3. The van der Waals surface area contributed by atoms with Gasteiger partial charge in [0.1, 0.15) is 11.1 Å². The summed E-state index contributed by atoms with van der Waals surface area (Å²) in [5, 5.41) is 2.73. The van der Waals surface area contributed by atoms with Gasteiger partial charge in [0.15, 0.2) is 0 Å². The highest BCUT2D eigenvalue weighted by molar-refractivity contribution is 6.02. The summed E-state index contributed by atoms with van der Waals surface area (Å²) >= 11 is 0. The number of anilines is 1. The first-order valence-corrected chi connectivity index (χ1v) is 12.9. The Kier molecular flexibility index (Phi) is 10.5. The molecule has 0 radical (unpaired) electrons. The molecule has 0 saturated carbocycles. The molecule has 0 atom stereocenters. The van der Waals surface area contributed by atoms with Crippen LogP contribution in [-0.4, -0.2) is 92.7 Å². The third kappa shape index (κ3) is 7.30. The second-order valence-electron chi connectivity index (χ2n) is 9.99. The van der Waals surface area contributed by atoms with Gasteiger partial charge in [-0.2, -0.15) is 8.78 Å². The van der Waals surface area contributed by atoms with Crippen LogP contribution in [0.2, 0.25) is 0 Å². The Morgan fingerprint density at radius 2 is 1.80 bits per heavy atom. The Balaban J connectivity index is 1.89. The number of pyridine rings is 1. The predicted octanol–water partition coefficient (Wildman–Crippen LogP) is 2.95. The normalized spacial score (nSPS) is 14.3. The van der Waals surface area contributed by atoms with Crippen LogP contribution < -0.4 is 10.1 Å². The van der Waals surface area contributed by atoms with Crippen LogP contribution in [0, 0.1) is 6.92 Å². The molecule has 0 spiro atoms. The second-order valence-corrected chi connectivity index (χ2v) is 9.99. The van der Waals surface area contributed by atoms with Crippen molar-refractivity contribution in [3.8, 4) is 5.88 Å². The van der Waals surface area contributed by atoms with Crippen molar-refractivity contribution < 1.29 is 37.4 Å². The Morgan fingerprint density at radius 1 is 1.10 bits per heavy atom. The van der Waals surface area contributed by atoms with E-state index in [0.717, 1.165) is 11.1 Å². The standard InChI is InChI=1S/C28H36F2N4O6/c1-18(2)20-8-6-7-9-21(20)28(26(37)32-22-11-10-19(3)31-25(22)40-27(29)30)16-34(17-28)23(35)14-33(12-13-38-4)15-24(36)39-5/h6-11,18,27H,12-17H2,1-5H3,(H,32,37). The lowest BCUT2D eigenvalue weighted by molar-refractivity contribution is -0.146. The summed E-state index contributed by atoms with van der Waals surface area (Å²) in [4.78, 5) is 46.2. The van der Waals surface area contributed by atoms with E-state index in [1.807, 2.05) is 38.1 Å². The predicted molar refractivity (Wildman–Crippen MR) is 143 cm³/mol. The van der Waals surface area contributed by atoms with Crippen LogP contribution in [0.5, 0.6) is 5.88 Å². The Hall–Kier alpha value is -3.64. The van der Waals surface area contributed by atoms with Crippen molar-refractivity contribution in [2.75, 3.05) is 58.9 Å². The molecule has 2 amide bonds. The van der Waals surface area contributed by atoms with Crippen molar-refractivity contribution in [2.24, 2.45) is 0 Å². The molecule has 0 bridgehead atoms. The van der Waals surface area contributed by atoms with Crippen molar-refractivity contribution >= 4 is 23.5 Å². The van der Waals surface area contributed by atoms with Crippen molar-refractivity contribution in [1.82, 2.24) is 14.8 Å². The summed E-state index contributed by atoms with van der Waals surface area (Å²) in [6, 6.07) is 10.5. The molecular formula is C28H36F2N4O6. The highest BCUT2D eigenvalue weighted by Gasteiger charge is 2.53. The summed E-state index contributed by atoms with van der Waals surface area (Å²) < 4.78 is 40.5. The quantitative estimate of drug-likeness (QED) is 0.371. The number of carbonyl (C=O) groups excluding carboxylic acids is 3. The van der Waals surface area contributed by atoms with Crippen molar-refractivity contribution in [2.45, 2.75) is 38.7 Å². The van der Waals surface area contributed by atoms with Gasteiger partial charge >= 0.3 is 12.6 Å². The average molecular weight is 563 g/mol. The molecule has 218 valence electrons. The highest BCUT2D eigenvalue weighted by Crippen LogP contribution is 2.40. The zero-order valence-corrected chi connectivity index (χ0v) is 23.4. The number of methoxy groups -OCH3 is 2. The van der Waals surface area contributed by atoms with Gasteiger partial charge in [-0.25, -0.2) is 4.98 Å². The van der Waals surface area contributed by atoms with Crippen LogP contribution >= 0.6 is 0 Å². The van der Waals surface area contributed by atoms with Crippen LogP contribution in [0.15, 0.2) is 36.4 Å². The number of hydrogen-bond acceptors (Lipinski definition) is 8. The molecule has 2 aromatic rings. The summed E-state index contributed by atoms with van der Waals surface area (Å²) in [7, 11) is 2.79. The molecule has 12 heteroatoms. The largest absolute Gasteiger partial charge is 0.468 e. The molecule has 1 fully saturated rings. The number of benzene rings is 1. The molecule has 1 saturated heterocycles. The zero-order chi connectivity index (χ0) is 29.4. The number of carbonyl (C=O) groups is 3. The molecule has 3 rings (SSSR count). The van der Waals surface area contributed by atoms with E-state index in [9.17, 15) is 23.2 Å². The Labute approximate surface area is 232 Å². The Bertz CT molecular complexity index is 1200. The lowest BCUT2D eigenvalue weighted by Gasteiger charge is -2.50. The Morgan fingerprint density at radius 3 is 2.42 bits per heavy atom. The van der Waals surface area contributed by atoms with E-state index in [4.69, 9.17) is 9.47 Å². The van der Waals surface area contributed by atoms with E-state index in [1.165, 1.54) is 25.2 Å². The number of alkyl halides is 2. The molecule has 1 N–H and O–H groups in total. The molecule has 1 aromatic heterocycles. The fourth-order valence-corrected chi connectivity index (χ4v) is 4.67. The van der Waals surface area contributed by atoms with E-state index in [-0.39, 0.29) is 49.6 Å². The lowest BCUT2D eigenvalue weighted by atomic mass is 9.69. The van der Waals surface area contributed by atoms with Crippen LogP contribution in [0.1, 0.15) is 36.6 Å². The van der Waals surface area contributed by atoms with Gasteiger partial charge in [0, 0.05) is 32.4 Å². The van der Waals surface area contributed by atoms with E-state index in [2.05, 4.69) is 15.0 Å². The van der Waals surface area contributed by atoms with Crippen molar-refractivity contribution in [3.63, 3.8) is 0 Å². The van der Waals surface area contributed by atoms with Gasteiger partial charge < -0.3 is 24.4 Å². The smallest absolute Gasteiger partial charge is 0.388 e. The van der Waals surface area contributed by atoms with Crippen molar-refractivity contribution in [3.05, 3.63) is 53.2 Å². The minimum absolute atomic E-state index is 0.00546. The first-order chi connectivity index (χ1) is 19.0. The van der Waals surface area contributed by atoms with Crippen LogP contribution in [-0.2, 0) is 29.3 Å². The SMILES string of the molecule is COCCN(CC(=O)OC)CC(=O)N1CC(C(=O)Nc2ccc(C)nc2OC(F)F)(c2ccccc2C(C)C)C1. The fourth-order valence-electron chi connectivity index (χ4n) is 4.67. The van der Waals surface area contributed by atoms with E-state index >= 15 is 0 Å². The number of esters is 1. The highest BCUT2D eigenvalue weighted by atomic mass is 19.3. The number of aryl methyl sites for hydroxylation is 1. The maximum absolute atomic E-state index is 13.9. The van der Waals surface area contributed by atoms with Gasteiger partial charge in [0.2, 0.25) is 17.7 Å². The molecule has 0 aliphatic carbocycles. The average Bonchev–Trinajstić information content (AvgIpc) is 2.88. The number of amides is 2. The number of aromatic nitrogens is 1. The molecule has 0 unspecified atom stereocenters. The summed E-state index contributed by atoms with van der Waals surface area (Å²) in [6.07, 6.45) is 0. The minimum atomic E-state index is -3.12. The fraction of sp³-hybridized carbons (Fsp3) is 0.500. The monoisotopic (exact) mass is 562 g/mol. The number of nitrogens with zero attached hydrogens (tertiary/aromatic N) is 3. The topological polar surface area (TPSA) is 110 Å². The number of nitrogens with one attached hydrogen (secondary N) is 1. The molecular weight excluding hydrogens is 526 g/mol.